The average Bonchev–Trinajstić information content (AvgIpc) is 2.87. The van der Waals surface area contributed by atoms with Crippen LogP contribution in [0, 0.1) is 11.8 Å². The van der Waals surface area contributed by atoms with Crippen molar-refractivity contribution < 1.29 is 4.79 Å². The molecule has 0 aromatic carbocycles. The number of carbonyl (C=O) groups excluding carboxylic acids is 1. The normalized spacial score (nSPS) is 18.6. The number of hydrogen-bond donors (Lipinski definition) is 0. The summed E-state index contributed by atoms with van der Waals surface area (Å²) in [4.78, 5) is 11.8. The number of aryl methyl sites for hydroxylation is 1. The van der Waals surface area contributed by atoms with Gasteiger partial charge in [0.15, 0.2) is 5.78 Å². The minimum absolute atomic E-state index is 0.184. The number of nitrogens with zero attached hydrogens (tertiary/aromatic N) is 2. The summed E-state index contributed by atoms with van der Waals surface area (Å²) >= 11 is 0. The van der Waals surface area contributed by atoms with Gasteiger partial charge < -0.3 is 0 Å². The number of Topliss-reactive ketones (excluding diaryl/α,β-unsaturated/α-hetero) is 1. The fourth-order valence-electron chi connectivity index (χ4n) is 1.62. The summed E-state index contributed by atoms with van der Waals surface area (Å²) < 4.78 is 1.67. The number of hydrogen-bond acceptors (Lipinski definition) is 2. The Balaban J connectivity index is 2.11. The average molecular weight is 178 g/mol. The molecule has 0 saturated heterocycles. The Morgan fingerprint density at radius 1 is 1.69 bits per heavy atom. The van der Waals surface area contributed by atoms with Crippen LogP contribution in [0.1, 0.15) is 30.1 Å². The summed E-state index contributed by atoms with van der Waals surface area (Å²) in [5.41, 5.74) is 0.752. The largest absolute Gasteiger partial charge is 0.294 e. The molecule has 1 aromatic heterocycles. The third-order valence-corrected chi connectivity index (χ3v) is 2.73. The van der Waals surface area contributed by atoms with Gasteiger partial charge in [0, 0.05) is 19.2 Å². The summed E-state index contributed by atoms with van der Waals surface area (Å²) in [5.74, 6) is 1.06. The molecule has 1 atom stereocenters. The van der Waals surface area contributed by atoms with Crippen LogP contribution in [-0.4, -0.2) is 15.6 Å². The second-order valence-electron chi connectivity index (χ2n) is 3.89. The molecule has 0 bridgehead atoms. The van der Waals surface area contributed by atoms with Gasteiger partial charge in [-0.15, -0.1) is 0 Å². The fourth-order valence-corrected chi connectivity index (χ4v) is 1.62. The van der Waals surface area contributed by atoms with Gasteiger partial charge in [-0.1, -0.05) is 6.92 Å². The van der Waals surface area contributed by atoms with Crippen LogP contribution in [0.25, 0.3) is 0 Å². The Morgan fingerprint density at radius 3 is 2.85 bits per heavy atom. The Labute approximate surface area is 77.7 Å². The predicted molar refractivity (Wildman–Crippen MR) is 49.4 cm³/mol. The molecule has 13 heavy (non-hydrogen) atoms. The lowest BCUT2D eigenvalue weighted by atomic mass is 9.97. The van der Waals surface area contributed by atoms with E-state index in [0.29, 0.717) is 5.92 Å². The molecule has 1 aliphatic rings. The van der Waals surface area contributed by atoms with Crippen molar-refractivity contribution in [3.63, 3.8) is 0 Å². The molecule has 1 unspecified atom stereocenters. The van der Waals surface area contributed by atoms with Gasteiger partial charge in [-0.25, -0.2) is 0 Å². The predicted octanol–water partition coefficient (Wildman–Crippen LogP) is 1.65. The smallest absolute Gasteiger partial charge is 0.169 e. The highest BCUT2D eigenvalue weighted by Crippen LogP contribution is 2.37. The fraction of sp³-hybridized carbons (Fsp3) is 0.600. The maximum Gasteiger partial charge on any atom is 0.169 e. The molecule has 1 heterocycles. The zero-order chi connectivity index (χ0) is 9.42. The van der Waals surface area contributed by atoms with E-state index >= 15 is 0 Å². The number of rotatable bonds is 3. The van der Waals surface area contributed by atoms with Gasteiger partial charge in [0.05, 0.1) is 11.8 Å². The Bertz CT molecular complexity index is 325. The van der Waals surface area contributed by atoms with E-state index in [4.69, 9.17) is 0 Å². The summed E-state index contributed by atoms with van der Waals surface area (Å²) in [6.45, 7) is 2.02. The maximum atomic E-state index is 11.8. The molecule has 0 radical (unpaired) electrons. The molecule has 0 amide bonds. The first-order valence-electron chi connectivity index (χ1n) is 4.71. The van der Waals surface area contributed by atoms with Gasteiger partial charge in [-0.05, 0) is 18.8 Å². The molecule has 3 heteroatoms. The maximum absolute atomic E-state index is 11.8. The van der Waals surface area contributed by atoms with Gasteiger partial charge >= 0.3 is 0 Å². The van der Waals surface area contributed by atoms with Gasteiger partial charge in [0.2, 0.25) is 0 Å². The van der Waals surface area contributed by atoms with Gasteiger partial charge in [0.25, 0.3) is 0 Å². The third-order valence-electron chi connectivity index (χ3n) is 2.73. The minimum Gasteiger partial charge on any atom is -0.294 e. The van der Waals surface area contributed by atoms with E-state index in [1.807, 2.05) is 14.0 Å². The summed E-state index contributed by atoms with van der Waals surface area (Å²) in [7, 11) is 1.83. The second-order valence-corrected chi connectivity index (χ2v) is 3.89. The topological polar surface area (TPSA) is 34.9 Å². The molecule has 3 nitrogen and oxygen atoms in total. The monoisotopic (exact) mass is 178 g/mol. The molecule has 70 valence electrons. The molecule has 2 rings (SSSR count). The van der Waals surface area contributed by atoms with Gasteiger partial charge in [-0.2, -0.15) is 5.10 Å². The van der Waals surface area contributed by atoms with Crippen LogP contribution in [0.15, 0.2) is 12.4 Å². The highest BCUT2D eigenvalue weighted by molar-refractivity contribution is 5.97. The number of carbonyl (C=O) groups is 1. The SMILES string of the molecule is CC(C(=O)c1cnn(C)c1)C1CC1. The summed E-state index contributed by atoms with van der Waals surface area (Å²) in [5, 5.41) is 4.00. The van der Waals surface area contributed by atoms with Crippen molar-refractivity contribution in [2.45, 2.75) is 19.8 Å². The van der Waals surface area contributed by atoms with E-state index in [1.54, 1.807) is 17.1 Å². The first kappa shape index (κ1) is 8.48. The Hall–Kier alpha value is -1.12. The van der Waals surface area contributed by atoms with Crippen molar-refractivity contribution >= 4 is 5.78 Å². The molecule has 0 N–H and O–H groups in total. The van der Waals surface area contributed by atoms with Crippen LogP contribution in [-0.2, 0) is 7.05 Å². The second kappa shape index (κ2) is 2.98. The highest BCUT2D eigenvalue weighted by Gasteiger charge is 2.33. The van der Waals surface area contributed by atoms with Crippen LogP contribution in [0.3, 0.4) is 0 Å². The van der Waals surface area contributed by atoms with Crippen molar-refractivity contribution in [2.24, 2.45) is 18.9 Å². The van der Waals surface area contributed by atoms with Crippen molar-refractivity contribution in [3.8, 4) is 0 Å². The van der Waals surface area contributed by atoms with Crippen molar-refractivity contribution in [1.29, 1.82) is 0 Å². The van der Waals surface area contributed by atoms with E-state index in [1.165, 1.54) is 12.8 Å². The summed E-state index contributed by atoms with van der Waals surface area (Å²) in [6, 6.07) is 0. The lowest BCUT2D eigenvalue weighted by molar-refractivity contribution is 0.0916. The quantitative estimate of drug-likeness (QED) is 0.659. The van der Waals surface area contributed by atoms with Gasteiger partial charge in [0.1, 0.15) is 0 Å². The number of ketones is 1. The first-order valence-corrected chi connectivity index (χ1v) is 4.71. The van der Waals surface area contributed by atoms with E-state index in [0.717, 1.165) is 5.56 Å². The molecular formula is C10H14N2O. The molecule has 0 spiro atoms. The van der Waals surface area contributed by atoms with Crippen LogP contribution >= 0.6 is 0 Å². The van der Waals surface area contributed by atoms with Crippen molar-refractivity contribution in [1.82, 2.24) is 9.78 Å². The minimum atomic E-state index is 0.184. The van der Waals surface area contributed by atoms with E-state index in [2.05, 4.69) is 5.10 Å². The zero-order valence-corrected chi connectivity index (χ0v) is 8.03. The lowest BCUT2D eigenvalue weighted by Crippen LogP contribution is -2.12. The Morgan fingerprint density at radius 2 is 2.38 bits per heavy atom. The lowest BCUT2D eigenvalue weighted by Gasteiger charge is -2.05. The summed E-state index contributed by atoms with van der Waals surface area (Å²) in [6.07, 6.45) is 5.88. The highest BCUT2D eigenvalue weighted by atomic mass is 16.1. The molecule has 1 fully saturated rings. The standard InChI is InChI=1S/C10H14N2O/c1-7(8-3-4-8)10(13)9-5-11-12(2)6-9/h5-8H,3-4H2,1-2H3. The van der Waals surface area contributed by atoms with E-state index in [9.17, 15) is 4.79 Å². The van der Waals surface area contributed by atoms with Crippen LogP contribution in [0.4, 0.5) is 0 Å². The third kappa shape index (κ3) is 1.64. The van der Waals surface area contributed by atoms with E-state index in [-0.39, 0.29) is 11.7 Å². The van der Waals surface area contributed by atoms with Crippen LogP contribution < -0.4 is 0 Å². The molecule has 1 aliphatic carbocycles. The van der Waals surface area contributed by atoms with Gasteiger partial charge in [-0.3, -0.25) is 9.48 Å². The van der Waals surface area contributed by atoms with Crippen LogP contribution in [0.5, 0.6) is 0 Å². The first-order chi connectivity index (χ1) is 6.18. The molecule has 1 aromatic rings. The molecule has 1 saturated carbocycles. The molecule has 0 aliphatic heterocycles. The molecular weight excluding hydrogens is 164 g/mol. The zero-order valence-electron chi connectivity index (χ0n) is 8.03. The van der Waals surface area contributed by atoms with Crippen LogP contribution in [0.2, 0.25) is 0 Å². The van der Waals surface area contributed by atoms with Crippen molar-refractivity contribution in [3.05, 3.63) is 18.0 Å². The van der Waals surface area contributed by atoms with E-state index < -0.39 is 0 Å². The number of aromatic nitrogens is 2. The van der Waals surface area contributed by atoms with Crippen molar-refractivity contribution in [2.75, 3.05) is 0 Å². The Kier molecular flexibility index (Phi) is 1.94.